The number of anilines is 1. The van der Waals surface area contributed by atoms with Gasteiger partial charge in [0.25, 0.3) is 0 Å². The second-order valence-electron chi connectivity index (χ2n) is 8.63. The van der Waals surface area contributed by atoms with Gasteiger partial charge in [-0.3, -0.25) is 9.58 Å². The number of rotatable bonds is 5. The molecule has 0 saturated carbocycles. The summed E-state index contributed by atoms with van der Waals surface area (Å²) in [5.41, 5.74) is 2.75. The maximum absolute atomic E-state index is 13.4. The van der Waals surface area contributed by atoms with Crippen LogP contribution in [-0.2, 0) is 13.6 Å². The third-order valence-electron chi connectivity index (χ3n) is 6.55. The SMILES string of the molecule is CN(Cc1ccc(F)cc1Cl)C1CCN(c2nnc(-c3ccnn3C)c3ccccc23)CC1. The zero-order chi connectivity index (χ0) is 22.9. The fourth-order valence-corrected chi connectivity index (χ4v) is 4.91. The molecule has 1 aliphatic heterocycles. The molecule has 0 amide bonds. The van der Waals surface area contributed by atoms with Crippen molar-refractivity contribution < 1.29 is 4.39 Å². The second kappa shape index (κ2) is 9.08. The quantitative estimate of drug-likeness (QED) is 0.419. The normalized spacial score (nSPS) is 15.0. The maximum atomic E-state index is 13.4. The van der Waals surface area contributed by atoms with E-state index >= 15 is 0 Å². The highest BCUT2D eigenvalue weighted by Crippen LogP contribution is 2.33. The van der Waals surface area contributed by atoms with Gasteiger partial charge < -0.3 is 4.90 Å². The Balaban J connectivity index is 1.33. The van der Waals surface area contributed by atoms with E-state index in [0.717, 1.165) is 59.5 Å². The maximum Gasteiger partial charge on any atom is 0.159 e. The summed E-state index contributed by atoms with van der Waals surface area (Å²) < 4.78 is 15.2. The first-order valence-electron chi connectivity index (χ1n) is 11.1. The van der Waals surface area contributed by atoms with Crippen LogP contribution in [0, 0.1) is 5.82 Å². The molecule has 170 valence electrons. The molecule has 0 spiro atoms. The summed E-state index contributed by atoms with van der Waals surface area (Å²) in [5, 5.41) is 16.2. The smallest absolute Gasteiger partial charge is 0.159 e. The lowest BCUT2D eigenvalue weighted by atomic mass is 10.0. The Hall–Kier alpha value is -3.03. The predicted molar refractivity (Wildman–Crippen MR) is 130 cm³/mol. The predicted octanol–water partition coefficient (Wildman–Crippen LogP) is 4.92. The topological polar surface area (TPSA) is 50.1 Å². The molecule has 5 rings (SSSR count). The Morgan fingerprint density at radius 1 is 1.06 bits per heavy atom. The molecule has 0 N–H and O–H groups in total. The number of hydrogen-bond acceptors (Lipinski definition) is 5. The number of hydrogen-bond donors (Lipinski definition) is 0. The third-order valence-corrected chi connectivity index (χ3v) is 6.91. The molecular formula is C25H26ClFN6. The van der Waals surface area contributed by atoms with Crippen molar-refractivity contribution >= 4 is 28.2 Å². The summed E-state index contributed by atoms with van der Waals surface area (Å²) in [6.45, 7) is 2.50. The van der Waals surface area contributed by atoms with Crippen molar-refractivity contribution in [3.63, 3.8) is 0 Å². The van der Waals surface area contributed by atoms with Crippen LogP contribution in [0.15, 0.2) is 54.7 Å². The van der Waals surface area contributed by atoms with Gasteiger partial charge in [-0.25, -0.2) is 4.39 Å². The van der Waals surface area contributed by atoms with Crippen LogP contribution in [0.3, 0.4) is 0 Å². The van der Waals surface area contributed by atoms with Crippen molar-refractivity contribution in [2.75, 3.05) is 25.0 Å². The van der Waals surface area contributed by atoms with Crippen molar-refractivity contribution in [2.24, 2.45) is 7.05 Å². The van der Waals surface area contributed by atoms with Gasteiger partial charge in [-0.2, -0.15) is 5.10 Å². The standard InChI is InChI=1S/C25H26ClFN6/c1-31(16-17-7-8-18(27)15-22(17)26)19-10-13-33(14-11-19)25-21-6-4-3-5-20(21)24(29-30-25)23-9-12-28-32(23)2/h3-9,12,15,19H,10-11,13-14,16H2,1-2H3. The van der Waals surface area contributed by atoms with E-state index in [0.29, 0.717) is 17.6 Å². The number of fused-ring (bicyclic) bond motifs is 1. The van der Waals surface area contributed by atoms with Crippen LogP contribution < -0.4 is 4.90 Å². The van der Waals surface area contributed by atoms with Crippen LogP contribution in [-0.4, -0.2) is 51.1 Å². The molecule has 1 saturated heterocycles. The first-order chi connectivity index (χ1) is 16.0. The zero-order valence-corrected chi connectivity index (χ0v) is 19.5. The first-order valence-corrected chi connectivity index (χ1v) is 11.5. The highest BCUT2D eigenvalue weighted by Gasteiger charge is 2.25. The number of aryl methyl sites for hydroxylation is 1. The number of benzene rings is 2. The monoisotopic (exact) mass is 464 g/mol. The molecule has 0 radical (unpaired) electrons. The van der Waals surface area contributed by atoms with Gasteiger partial charge in [-0.1, -0.05) is 41.9 Å². The lowest BCUT2D eigenvalue weighted by molar-refractivity contribution is 0.200. The van der Waals surface area contributed by atoms with Crippen LogP contribution in [0.1, 0.15) is 18.4 Å². The summed E-state index contributed by atoms with van der Waals surface area (Å²) in [7, 11) is 4.03. The third kappa shape index (κ3) is 4.30. The number of aromatic nitrogens is 4. The molecule has 0 unspecified atom stereocenters. The van der Waals surface area contributed by atoms with E-state index in [1.54, 1.807) is 12.3 Å². The molecular weight excluding hydrogens is 439 g/mol. The molecule has 2 aromatic carbocycles. The molecule has 0 bridgehead atoms. The summed E-state index contributed by atoms with van der Waals surface area (Å²) in [6, 6.07) is 15.3. The number of piperidine rings is 1. The Kier molecular flexibility index (Phi) is 6.00. The molecule has 3 heterocycles. The van der Waals surface area contributed by atoms with E-state index in [-0.39, 0.29) is 5.82 Å². The summed E-state index contributed by atoms with van der Waals surface area (Å²) in [4.78, 5) is 4.64. The average molecular weight is 465 g/mol. The van der Waals surface area contributed by atoms with Gasteiger partial charge in [0.2, 0.25) is 0 Å². The number of halogens is 2. The molecule has 8 heteroatoms. The van der Waals surface area contributed by atoms with Crippen molar-refractivity contribution in [2.45, 2.75) is 25.4 Å². The van der Waals surface area contributed by atoms with Crippen molar-refractivity contribution in [3.8, 4) is 11.4 Å². The highest BCUT2D eigenvalue weighted by molar-refractivity contribution is 6.31. The molecule has 1 aliphatic rings. The molecule has 2 aromatic heterocycles. The van der Waals surface area contributed by atoms with Crippen LogP contribution in [0.5, 0.6) is 0 Å². The molecule has 4 aromatic rings. The minimum absolute atomic E-state index is 0.303. The second-order valence-corrected chi connectivity index (χ2v) is 9.03. The van der Waals surface area contributed by atoms with Gasteiger partial charge in [0.1, 0.15) is 11.5 Å². The van der Waals surface area contributed by atoms with Gasteiger partial charge in [0, 0.05) is 54.7 Å². The average Bonchev–Trinajstić information content (AvgIpc) is 3.26. The molecule has 33 heavy (non-hydrogen) atoms. The van der Waals surface area contributed by atoms with Crippen LogP contribution in [0.2, 0.25) is 5.02 Å². The summed E-state index contributed by atoms with van der Waals surface area (Å²) in [6.07, 6.45) is 3.80. The Morgan fingerprint density at radius 2 is 1.82 bits per heavy atom. The van der Waals surface area contributed by atoms with Crippen molar-refractivity contribution in [1.82, 2.24) is 24.9 Å². The lowest BCUT2D eigenvalue weighted by Crippen LogP contribution is -2.43. The van der Waals surface area contributed by atoms with Crippen LogP contribution in [0.25, 0.3) is 22.2 Å². The Bertz CT molecular complexity index is 1280. The molecule has 0 atom stereocenters. The minimum atomic E-state index is -0.303. The van der Waals surface area contributed by atoms with Gasteiger partial charge in [-0.05, 0) is 43.7 Å². The van der Waals surface area contributed by atoms with E-state index in [4.69, 9.17) is 11.6 Å². The number of nitrogens with zero attached hydrogens (tertiary/aromatic N) is 6. The fraction of sp³-hybridized carbons (Fsp3) is 0.320. The van der Waals surface area contributed by atoms with E-state index in [1.807, 2.05) is 29.9 Å². The molecule has 6 nitrogen and oxygen atoms in total. The Labute approximate surface area is 197 Å². The van der Waals surface area contributed by atoms with E-state index in [2.05, 4.69) is 44.3 Å². The largest absolute Gasteiger partial charge is 0.354 e. The van der Waals surface area contributed by atoms with Gasteiger partial charge in [0.05, 0.1) is 5.69 Å². The lowest BCUT2D eigenvalue weighted by Gasteiger charge is -2.37. The van der Waals surface area contributed by atoms with Gasteiger partial charge in [-0.15, -0.1) is 10.2 Å². The molecule has 0 aliphatic carbocycles. The Morgan fingerprint density at radius 3 is 2.52 bits per heavy atom. The summed E-state index contributed by atoms with van der Waals surface area (Å²) in [5.74, 6) is 0.627. The van der Waals surface area contributed by atoms with E-state index in [1.165, 1.54) is 12.1 Å². The molecule has 1 fully saturated rings. The van der Waals surface area contributed by atoms with E-state index < -0.39 is 0 Å². The first kappa shape index (κ1) is 21.8. The van der Waals surface area contributed by atoms with Gasteiger partial charge >= 0.3 is 0 Å². The minimum Gasteiger partial charge on any atom is -0.354 e. The highest BCUT2D eigenvalue weighted by atomic mass is 35.5. The fourth-order valence-electron chi connectivity index (χ4n) is 4.68. The zero-order valence-electron chi connectivity index (χ0n) is 18.7. The van der Waals surface area contributed by atoms with E-state index in [9.17, 15) is 4.39 Å². The summed E-state index contributed by atoms with van der Waals surface area (Å²) >= 11 is 6.24. The van der Waals surface area contributed by atoms with Crippen molar-refractivity contribution in [3.05, 3.63) is 71.1 Å². The van der Waals surface area contributed by atoms with Crippen LogP contribution >= 0.6 is 11.6 Å². The van der Waals surface area contributed by atoms with Gasteiger partial charge in [0.15, 0.2) is 5.82 Å². The van der Waals surface area contributed by atoms with Crippen molar-refractivity contribution in [1.29, 1.82) is 0 Å². The van der Waals surface area contributed by atoms with Crippen LogP contribution in [0.4, 0.5) is 10.2 Å².